The molecule has 0 amide bonds. The van der Waals surface area contributed by atoms with Gasteiger partial charge in [-0.15, -0.1) is 0 Å². The molecule has 0 aromatic rings. The van der Waals surface area contributed by atoms with E-state index in [0.29, 0.717) is 6.04 Å². The summed E-state index contributed by atoms with van der Waals surface area (Å²) in [5, 5.41) is 0. The van der Waals surface area contributed by atoms with Crippen LogP contribution in [-0.4, -0.2) is 30.6 Å². The fourth-order valence-electron chi connectivity index (χ4n) is 4.62. The van der Waals surface area contributed by atoms with Gasteiger partial charge in [-0.05, 0) is 45.2 Å². The summed E-state index contributed by atoms with van der Waals surface area (Å²) in [6.07, 6.45) is 12.3. The number of hydrogen-bond donors (Lipinski definition) is 2. The number of rotatable bonds is 5. The summed E-state index contributed by atoms with van der Waals surface area (Å²) in [5.41, 5.74) is 3.47. The van der Waals surface area contributed by atoms with Crippen molar-refractivity contribution in [2.45, 2.75) is 76.3 Å². The maximum absolute atomic E-state index is 5.97. The van der Waals surface area contributed by atoms with E-state index < -0.39 is 0 Å². The Morgan fingerprint density at radius 1 is 1.21 bits per heavy atom. The Morgan fingerprint density at radius 3 is 2.42 bits per heavy atom. The number of hydrazine groups is 1. The van der Waals surface area contributed by atoms with Crippen molar-refractivity contribution >= 4 is 0 Å². The molecule has 0 radical (unpaired) electrons. The number of likely N-dealkylation sites (N-methyl/N-ethyl adjacent to an activating group) is 1. The third-order valence-electron chi connectivity index (χ3n) is 5.79. The van der Waals surface area contributed by atoms with Crippen LogP contribution in [0.3, 0.4) is 0 Å². The summed E-state index contributed by atoms with van der Waals surface area (Å²) < 4.78 is 0. The van der Waals surface area contributed by atoms with E-state index in [-0.39, 0.29) is 5.54 Å². The van der Waals surface area contributed by atoms with Gasteiger partial charge in [-0.25, -0.2) is 0 Å². The predicted molar refractivity (Wildman–Crippen MR) is 81.7 cm³/mol. The van der Waals surface area contributed by atoms with Gasteiger partial charge in [0.1, 0.15) is 0 Å². The molecule has 3 nitrogen and oxygen atoms in total. The zero-order chi connectivity index (χ0) is 13.9. The number of nitrogens with zero attached hydrogens (tertiary/aromatic N) is 1. The second-order valence-corrected chi connectivity index (χ2v) is 7.30. The number of hydrogen-bond acceptors (Lipinski definition) is 3. The lowest BCUT2D eigenvalue weighted by molar-refractivity contribution is 0.0287. The molecule has 19 heavy (non-hydrogen) atoms. The smallest absolute Gasteiger partial charge is 0.0397 e. The SMILES string of the molecule is CC1CCCC(C(CC2CCCC2)NN)(N(C)C)C1. The average molecular weight is 267 g/mol. The Labute approximate surface area is 119 Å². The van der Waals surface area contributed by atoms with Crippen molar-refractivity contribution in [2.75, 3.05) is 14.1 Å². The van der Waals surface area contributed by atoms with Crippen LogP contribution < -0.4 is 11.3 Å². The molecule has 0 aromatic carbocycles. The predicted octanol–water partition coefficient (Wildman–Crippen LogP) is 2.91. The lowest BCUT2D eigenvalue weighted by atomic mass is 9.69. The molecule has 3 unspecified atom stereocenters. The van der Waals surface area contributed by atoms with Gasteiger partial charge >= 0.3 is 0 Å². The largest absolute Gasteiger partial charge is 0.302 e. The molecular formula is C16H33N3. The number of nitrogens with one attached hydrogen (secondary N) is 1. The molecule has 2 aliphatic carbocycles. The van der Waals surface area contributed by atoms with Gasteiger partial charge in [0, 0.05) is 11.6 Å². The van der Waals surface area contributed by atoms with E-state index in [4.69, 9.17) is 5.84 Å². The van der Waals surface area contributed by atoms with Gasteiger partial charge in [0.05, 0.1) is 0 Å². The number of nitrogens with two attached hydrogens (primary N) is 1. The minimum Gasteiger partial charge on any atom is -0.302 e. The second-order valence-electron chi connectivity index (χ2n) is 7.30. The van der Waals surface area contributed by atoms with Crippen molar-refractivity contribution < 1.29 is 0 Å². The Hall–Kier alpha value is -0.120. The van der Waals surface area contributed by atoms with Gasteiger partial charge in [-0.1, -0.05) is 45.4 Å². The van der Waals surface area contributed by atoms with Crippen molar-refractivity contribution in [3.63, 3.8) is 0 Å². The Kier molecular flexibility index (Phi) is 5.27. The van der Waals surface area contributed by atoms with E-state index in [1.54, 1.807) is 0 Å². The van der Waals surface area contributed by atoms with E-state index in [1.807, 2.05) is 0 Å². The van der Waals surface area contributed by atoms with Crippen LogP contribution in [0, 0.1) is 11.8 Å². The van der Waals surface area contributed by atoms with Crippen molar-refractivity contribution in [1.29, 1.82) is 0 Å². The van der Waals surface area contributed by atoms with Crippen LogP contribution in [0.1, 0.15) is 64.7 Å². The van der Waals surface area contributed by atoms with E-state index in [1.165, 1.54) is 57.8 Å². The fraction of sp³-hybridized carbons (Fsp3) is 1.00. The lowest BCUT2D eigenvalue weighted by Crippen LogP contribution is -2.62. The normalized spacial score (nSPS) is 34.9. The van der Waals surface area contributed by atoms with Gasteiger partial charge in [0.25, 0.3) is 0 Å². The fourth-order valence-corrected chi connectivity index (χ4v) is 4.62. The summed E-state index contributed by atoms with van der Waals surface area (Å²) in [5.74, 6) is 7.70. The van der Waals surface area contributed by atoms with Crippen LogP contribution in [0.15, 0.2) is 0 Å². The summed E-state index contributed by atoms with van der Waals surface area (Å²) in [6.45, 7) is 2.40. The van der Waals surface area contributed by atoms with Crippen LogP contribution in [0.5, 0.6) is 0 Å². The molecule has 0 aromatic heterocycles. The summed E-state index contributed by atoms with van der Waals surface area (Å²) >= 11 is 0. The third-order valence-corrected chi connectivity index (χ3v) is 5.79. The highest BCUT2D eigenvalue weighted by Crippen LogP contribution is 2.41. The molecule has 0 heterocycles. The molecule has 0 spiro atoms. The first-order valence-electron chi connectivity index (χ1n) is 8.22. The van der Waals surface area contributed by atoms with Gasteiger partial charge in [-0.3, -0.25) is 11.3 Å². The van der Waals surface area contributed by atoms with Crippen LogP contribution >= 0.6 is 0 Å². The van der Waals surface area contributed by atoms with Crippen molar-refractivity contribution in [1.82, 2.24) is 10.3 Å². The van der Waals surface area contributed by atoms with E-state index in [9.17, 15) is 0 Å². The minimum atomic E-state index is 0.273. The molecule has 2 rings (SSSR count). The van der Waals surface area contributed by atoms with Crippen molar-refractivity contribution in [2.24, 2.45) is 17.7 Å². The standard InChI is InChI=1S/C16H33N3/c1-13-7-6-10-16(12-13,19(2)3)15(18-17)11-14-8-4-5-9-14/h13-15,18H,4-12,17H2,1-3H3. The van der Waals surface area contributed by atoms with E-state index >= 15 is 0 Å². The topological polar surface area (TPSA) is 41.3 Å². The maximum Gasteiger partial charge on any atom is 0.0397 e. The summed E-state index contributed by atoms with van der Waals surface area (Å²) in [6, 6.07) is 0.452. The highest BCUT2D eigenvalue weighted by molar-refractivity contribution is 5.02. The van der Waals surface area contributed by atoms with Gasteiger partial charge in [0.2, 0.25) is 0 Å². The van der Waals surface area contributed by atoms with Gasteiger partial charge in [0.15, 0.2) is 0 Å². The molecule has 0 saturated heterocycles. The van der Waals surface area contributed by atoms with E-state index in [2.05, 4.69) is 31.3 Å². The second kappa shape index (κ2) is 6.55. The quantitative estimate of drug-likeness (QED) is 0.594. The van der Waals surface area contributed by atoms with Gasteiger partial charge < -0.3 is 4.90 Å². The maximum atomic E-state index is 5.97. The Morgan fingerprint density at radius 2 is 1.89 bits per heavy atom. The van der Waals surface area contributed by atoms with Crippen LogP contribution in [0.25, 0.3) is 0 Å². The molecule has 0 bridgehead atoms. The van der Waals surface area contributed by atoms with Crippen LogP contribution in [-0.2, 0) is 0 Å². The molecule has 2 aliphatic rings. The van der Waals surface area contributed by atoms with E-state index in [0.717, 1.165) is 11.8 Å². The third kappa shape index (κ3) is 3.32. The first kappa shape index (κ1) is 15.3. The molecule has 2 fully saturated rings. The lowest BCUT2D eigenvalue weighted by Gasteiger charge is -2.50. The molecule has 3 atom stereocenters. The Bertz CT molecular complexity index is 273. The zero-order valence-electron chi connectivity index (χ0n) is 13.1. The van der Waals surface area contributed by atoms with Gasteiger partial charge in [-0.2, -0.15) is 0 Å². The highest BCUT2D eigenvalue weighted by atomic mass is 15.3. The molecule has 3 N–H and O–H groups in total. The highest BCUT2D eigenvalue weighted by Gasteiger charge is 2.44. The summed E-state index contributed by atoms with van der Waals surface area (Å²) in [4.78, 5) is 2.46. The summed E-state index contributed by atoms with van der Waals surface area (Å²) in [7, 11) is 4.49. The minimum absolute atomic E-state index is 0.273. The monoisotopic (exact) mass is 267 g/mol. The first-order valence-corrected chi connectivity index (χ1v) is 8.22. The molecule has 2 saturated carbocycles. The molecule has 0 aliphatic heterocycles. The van der Waals surface area contributed by atoms with Crippen LogP contribution in [0.2, 0.25) is 0 Å². The molecule has 112 valence electrons. The molecular weight excluding hydrogens is 234 g/mol. The van der Waals surface area contributed by atoms with Crippen LogP contribution in [0.4, 0.5) is 0 Å². The first-order chi connectivity index (χ1) is 9.08. The molecule has 3 heteroatoms. The zero-order valence-corrected chi connectivity index (χ0v) is 13.1. The average Bonchev–Trinajstić information content (AvgIpc) is 2.88. The van der Waals surface area contributed by atoms with Crippen molar-refractivity contribution in [3.05, 3.63) is 0 Å². The Balaban J connectivity index is 2.09. The van der Waals surface area contributed by atoms with Crippen molar-refractivity contribution in [3.8, 4) is 0 Å².